The Morgan fingerprint density at radius 3 is 2.81 bits per heavy atom. The van der Waals surface area contributed by atoms with E-state index in [2.05, 4.69) is 45.2 Å². The van der Waals surface area contributed by atoms with Gasteiger partial charge in [-0.05, 0) is 46.0 Å². The maximum Gasteiger partial charge on any atom is 0.283 e. The van der Waals surface area contributed by atoms with Crippen LogP contribution in [0.25, 0.3) is 0 Å². The fraction of sp³-hybridized carbons (Fsp3) is 0.400. The minimum Gasteiger partial charge on any atom is -0.379 e. The van der Waals surface area contributed by atoms with Gasteiger partial charge in [-0.3, -0.25) is 9.78 Å². The SMILES string of the molecule is Cc1cnccc1CNc1cnn(CC(C)C)c(=O)c1Br. The van der Waals surface area contributed by atoms with Crippen LogP contribution in [0.15, 0.2) is 33.9 Å². The summed E-state index contributed by atoms with van der Waals surface area (Å²) in [6.45, 7) is 7.36. The molecule has 2 aromatic rings. The molecule has 1 N–H and O–H groups in total. The Morgan fingerprint density at radius 2 is 2.14 bits per heavy atom. The van der Waals surface area contributed by atoms with E-state index in [0.29, 0.717) is 29.2 Å². The van der Waals surface area contributed by atoms with E-state index < -0.39 is 0 Å². The smallest absolute Gasteiger partial charge is 0.283 e. The van der Waals surface area contributed by atoms with Crippen molar-refractivity contribution in [1.29, 1.82) is 0 Å². The van der Waals surface area contributed by atoms with Crippen molar-refractivity contribution in [3.05, 3.63) is 50.6 Å². The molecule has 0 saturated carbocycles. The molecule has 0 bridgehead atoms. The van der Waals surface area contributed by atoms with E-state index in [4.69, 9.17) is 0 Å². The summed E-state index contributed by atoms with van der Waals surface area (Å²) in [6.07, 6.45) is 5.27. The monoisotopic (exact) mass is 350 g/mol. The van der Waals surface area contributed by atoms with Gasteiger partial charge in [-0.15, -0.1) is 0 Å². The number of hydrogen-bond donors (Lipinski definition) is 1. The Labute approximate surface area is 132 Å². The highest BCUT2D eigenvalue weighted by Gasteiger charge is 2.10. The van der Waals surface area contributed by atoms with Crippen LogP contribution in [-0.4, -0.2) is 14.8 Å². The van der Waals surface area contributed by atoms with E-state index in [1.165, 1.54) is 4.68 Å². The van der Waals surface area contributed by atoms with Crippen LogP contribution >= 0.6 is 15.9 Å². The van der Waals surface area contributed by atoms with Crippen molar-refractivity contribution in [1.82, 2.24) is 14.8 Å². The van der Waals surface area contributed by atoms with Gasteiger partial charge in [0.25, 0.3) is 5.56 Å². The quantitative estimate of drug-likeness (QED) is 0.900. The Kier molecular flexibility index (Phi) is 5.12. The van der Waals surface area contributed by atoms with Crippen molar-refractivity contribution in [2.24, 2.45) is 5.92 Å². The van der Waals surface area contributed by atoms with Gasteiger partial charge < -0.3 is 5.32 Å². The average molecular weight is 351 g/mol. The predicted octanol–water partition coefficient (Wildman–Crippen LogP) is 2.98. The molecule has 0 unspecified atom stereocenters. The van der Waals surface area contributed by atoms with Crippen molar-refractivity contribution >= 4 is 21.6 Å². The summed E-state index contributed by atoms with van der Waals surface area (Å²) < 4.78 is 2.00. The van der Waals surface area contributed by atoms with Crippen LogP contribution in [0, 0.1) is 12.8 Å². The molecular formula is C15H19BrN4O. The van der Waals surface area contributed by atoms with Crippen molar-refractivity contribution in [3.8, 4) is 0 Å². The average Bonchev–Trinajstić information content (AvgIpc) is 2.44. The lowest BCUT2D eigenvalue weighted by Crippen LogP contribution is -2.26. The molecular weight excluding hydrogens is 332 g/mol. The van der Waals surface area contributed by atoms with Gasteiger partial charge in [0.05, 0.1) is 11.9 Å². The third-order valence-corrected chi connectivity index (χ3v) is 3.90. The zero-order valence-electron chi connectivity index (χ0n) is 12.4. The first-order valence-electron chi connectivity index (χ1n) is 6.88. The lowest BCUT2D eigenvalue weighted by Gasteiger charge is -2.12. The summed E-state index contributed by atoms with van der Waals surface area (Å²) in [6, 6.07) is 1.96. The number of anilines is 1. The molecule has 0 atom stereocenters. The number of halogens is 1. The topological polar surface area (TPSA) is 59.8 Å². The van der Waals surface area contributed by atoms with Crippen LogP contribution in [-0.2, 0) is 13.1 Å². The minimum absolute atomic E-state index is 0.111. The van der Waals surface area contributed by atoms with Crippen molar-refractivity contribution in [2.45, 2.75) is 33.9 Å². The van der Waals surface area contributed by atoms with E-state index in [-0.39, 0.29) is 5.56 Å². The van der Waals surface area contributed by atoms with E-state index in [9.17, 15) is 4.79 Å². The molecule has 0 fully saturated rings. The molecule has 2 rings (SSSR count). The second kappa shape index (κ2) is 6.85. The lowest BCUT2D eigenvalue weighted by atomic mass is 10.1. The van der Waals surface area contributed by atoms with Gasteiger partial charge in [-0.2, -0.15) is 5.10 Å². The summed E-state index contributed by atoms with van der Waals surface area (Å²) in [5, 5.41) is 7.45. The second-order valence-electron chi connectivity index (χ2n) is 5.41. The molecule has 0 aliphatic heterocycles. The highest BCUT2D eigenvalue weighted by atomic mass is 79.9. The standard InChI is InChI=1S/C15H19BrN4O/c1-10(2)9-20-15(21)14(16)13(8-19-20)18-7-12-4-5-17-6-11(12)3/h4-6,8,10,18H,7,9H2,1-3H3. The van der Waals surface area contributed by atoms with Crippen molar-refractivity contribution in [2.75, 3.05) is 5.32 Å². The third-order valence-electron chi connectivity index (χ3n) is 3.13. The van der Waals surface area contributed by atoms with E-state index >= 15 is 0 Å². The summed E-state index contributed by atoms with van der Waals surface area (Å²) in [5.74, 6) is 0.375. The Hall–Kier alpha value is -1.69. The summed E-state index contributed by atoms with van der Waals surface area (Å²) in [5.41, 5.74) is 2.85. The molecule has 0 amide bonds. The molecule has 0 aliphatic carbocycles. The predicted molar refractivity (Wildman–Crippen MR) is 87.3 cm³/mol. The van der Waals surface area contributed by atoms with Gasteiger partial charge in [-0.25, -0.2) is 4.68 Å². The van der Waals surface area contributed by atoms with Crippen LogP contribution in [0.5, 0.6) is 0 Å². The van der Waals surface area contributed by atoms with Crippen molar-refractivity contribution in [3.63, 3.8) is 0 Å². The van der Waals surface area contributed by atoms with Gasteiger partial charge in [0.1, 0.15) is 4.47 Å². The van der Waals surface area contributed by atoms with E-state index in [0.717, 1.165) is 11.1 Å². The van der Waals surface area contributed by atoms with Crippen LogP contribution in [0.3, 0.4) is 0 Å². The van der Waals surface area contributed by atoms with Gasteiger partial charge in [0.2, 0.25) is 0 Å². The van der Waals surface area contributed by atoms with Gasteiger partial charge >= 0.3 is 0 Å². The van der Waals surface area contributed by atoms with Crippen LogP contribution in [0.4, 0.5) is 5.69 Å². The highest BCUT2D eigenvalue weighted by Crippen LogP contribution is 2.18. The summed E-state index contributed by atoms with van der Waals surface area (Å²) in [4.78, 5) is 16.3. The largest absolute Gasteiger partial charge is 0.379 e. The Bertz CT molecular complexity index is 682. The number of nitrogens with one attached hydrogen (secondary N) is 1. The van der Waals surface area contributed by atoms with E-state index in [1.807, 2.05) is 19.2 Å². The fourth-order valence-electron chi connectivity index (χ4n) is 1.96. The summed E-state index contributed by atoms with van der Waals surface area (Å²) in [7, 11) is 0. The normalized spacial score (nSPS) is 10.9. The molecule has 0 aliphatic rings. The fourth-order valence-corrected chi connectivity index (χ4v) is 2.40. The number of rotatable bonds is 5. The molecule has 112 valence electrons. The molecule has 6 heteroatoms. The Morgan fingerprint density at radius 1 is 1.38 bits per heavy atom. The number of aryl methyl sites for hydroxylation is 1. The second-order valence-corrected chi connectivity index (χ2v) is 6.20. The first-order chi connectivity index (χ1) is 9.99. The first kappa shape index (κ1) is 15.7. The molecule has 0 saturated heterocycles. The molecule has 2 aromatic heterocycles. The molecule has 0 radical (unpaired) electrons. The molecule has 2 heterocycles. The number of aromatic nitrogens is 3. The number of nitrogens with zero attached hydrogens (tertiary/aromatic N) is 3. The van der Waals surface area contributed by atoms with Gasteiger partial charge in [0, 0.05) is 25.5 Å². The highest BCUT2D eigenvalue weighted by molar-refractivity contribution is 9.10. The third kappa shape index (κ3) is 3.91. The van der Waals surface area contributed by atoms with Gasteiger partial charge in [0.15, 0.2) is 0 Å². The van der Waals surface area contributed by atoms with Crippen LogP contribution < -0.4 is 10.9 Å². The lowest BCUT2D eigenvalue weighted by molar-refractivity contribution is 0.462. The number of hydrogen-bond acceptors (Lipinski definition) is 4. The van der Waals surface area contributed by atoms with Crippen LogP contribution in [0.1, 0.15) is 25.0 Å². The van der Waals surface area contributed by atoms with E-state index in [1.54, 1.807) is 12.4 Å². The minimum atomic E-state index is -0.111. The molecule has 0 spiro atoms. The zero-order chi connectivity index (χ0) is 15.4. The summed E-state index contributed by atoms with van der Waals surface area (Å²) >= 11 is 3.36. The maximum absolute atomic E-state index is 12.2. The maximum atomic E-state index is 12.2. The molecule has 21 heavy (non-hydrogen) atoms. The molecule has 0 aromatic carbocycles. The van der Waals surface area contributed by atoms with Crippen molar-refractivity contribution < 1.29 is 0 Å². The molecule has 5 nitrogen and oxygen atoms in total. The first-order valence-corrected chi connectivity index (χ1v) is 7.67. The van der Waals surface area contributed by atoms with Gasteiger partial charge in [-0.1, -0.05) is 13.8 Å². The zero-order valence-corrected chi connectivity index (χ0v) is 14.0. The van der Waals surface area contributed by atoms with Crippen LogP contribution in [0.2, 0.25) is 0 Å². The number of pyridine rings is 1. The Balaban J connectivity index is 2.17.